The maximum atomic E-state index is 9.56. The molecule has 0 aliphatic rings. The molecule has 2 rings (SSSR count). The van der Waals surface area contributed by atoms with Gasteiger partial charge in [0.1, 0.15) is 5.75 Å². The minimum absolute atomic E-state index is 0.465. The van der Waals surface area contributed by atoms with Gasteiger partial charge in [-0.3, -0.25) is 0 Å². The van der Waals surface area contributed by atoms with Crippen LogP contribution in [0.15, 0.2) is 30.5 Å². The predicted octanol–water partition coefficient (Wildman–Crippen LogP) is 4.20. The van der Waals surface area contributed by atoms with E-state index in [9.17, 15) is 5.11 Å². The van der Waals surface area contributed by atoms with Gasteiger partial charge in [-0.1, -0.05) is 11.6 Å². The lowest BCUT2D eigenvalue weighted by atomic mass is 10.1. The van der Waals surface area contributed by atoms with Crippen LogP contribution in [-0.2, 0) is 0 Å². The van der Waals surface area contributed by atoms with Crippen molar-refractivity contribution in [3.63, 3.8) is 0 Å². The highest BCUT2D eigenvalue weighted by molar-refractivity contribution is 6.30. The average molecular weight is 278 g/mol. The molecule has 100 valence electrons. The maximum Gasteiger partial charge on any atom is 0.219 e. The van der Waals surface area contributed by atoms with E-state index < -0.39 is 6.10 Å². The Hall–Kier alpha value is -1.58. The highest BCUT2D eigenvalue weighted by Crippen LogP contribution is 2.31. The largest absolute Gasteiger partial charge is 0.438 e. The summed E-state index contributed by atoms with van der Waals surface area (Å²) in [5.41, 5.74) is 2.68. The second kappa shape index (κ2) is 5.59. The Morgan fingerprint density at radius 3 is 2.42 bits per heavy atom. The molecule has 0 unspecified atom stereocenters. The van der Waals surface area contributed by atoms with Gasteiger partial charge in [0, 0.05) is 17.3 Å². The number of hydrogen-bond donors (Lipinski definition) is 1. The Labute approximate surface area is 117 Å². The van der Waals surface area contributed by atoms with Gasteiger partial charge >= 0.3 is 0 Å². The standard InChI is InChI=1S/C15H16ClNO2/c1-9-6-13(16)7-10(2)15(9)19-14-8-12(11(3)18)4-5-17-14/h4-8,11,18H,1-3H3/t11-/m0/s1. The number of aliphatic hydroxyl groups excluding tert-OH is 1. The molecule has 4 heteroatoms. The maximum absolute atomic E-state index is 9.56. The zero-order valence-electron chi connectivity index (χ0n) is 11.1. The summed E-state index contributed by atoms with van der Waals surface area (Å²) in [6, 6.07) is 7.20. The van der Waals surface area contributed by atoms with Crippen LogP contribution in [0.4, 0.5) is 0 Å². The minimum Gasteiger partial charge on any atom is -0.438 e. The second-order valence-electron chi connectivity index (χ2n) is 4.57. The SMILES string of the molecule is Cc1cc(Cl)cc(C)c1Oc1cc([C@H](C)O)ccn1. The molecule has 1 N–H and O–H groups in total. The van der Waals surface area contributed by atoms with E-state index in [1.54, 1.807) is 25.3 Å². The van der Waals surface area contributed by atoms with Crippen molar-refractivity contribution in [2.24, 2.45) is 0 Å². The van der Waals surface area contributed by atoms with E-state index in [0.717, 1.165) is 22.4 Å². The predicted molar refractivity (Wildman–Crippen MR) is 75.9 cm³/mol. The number of benzene rings is 1. The Bertz CT molecular complexity index is 573. The van der Waals surface area contributed by atoms with Gasteiger partial charge in [-0.2, -0.15) is 0 Å². The number of rotatable bonds is 3. The molecule has 0 amide bonds. The first kappa shape index (κ1) is 13.8. The molecule has 0 radical (unpaired) electrons. The molecule has 0 saturated heterocycles. The number of aliphatic hydroxyl groups is 1. The van der Waals surface area contributed by atoms with E-state index in [1.807, 2.05) is 26.0 Å². The van der Waals surface area contributed by atoms with Crippen molar-refractivity contribution in [3.8, 4) is 11.6 Å². The summed E-state index contributed by atoms with van der Waals surface area (Å²) >= 11 is 5.99. The van der Waals surface area contributed by atoms with E-state index in [-0.39, 0.29) is 0 Å². The molecule has 1 heterocycles. The third-order valence-electron chi connectivity index (χ3n) is 2.87. The van der Waals surface area contributed by atoms with E-state index >= 15 is 0 Å². The number of ether oxygens (including phenoxy) is 1. The third-order valence-corrected chi connectivity index (χ3v) is 3.09. The molecule has 19 heavy (non-hydrogen) atoms. The van der Waals surface area contributed by atoms with Crippen molar-refractivity contribution in [2.45, 2.75) is 26.9 Å². The van der Waals surface area contributed by atoms with Crippen LogP contribution < -0.4 is 4.74 Å². The lowest BCUT2D eigenvalue weighted by Crippen LogP contribution is -1.96. The normalized spacial score (nSPS) is 12.3. The number of aromatic nitrogens is 1. The van der Waals surface area contributed by atoms with Crippen molar-refractivity contribution in [2.75, 3.05) is 0 Å². The van der Waals surface area contributed by atoms with E-state index in [4.69, 9.17) is 16.3 Å². The Morgan fingerprint density at radius 2 is 1.84 bits per heavy atom. The zero-order valence-corrected chi connectivity index (χ0v) is 11.9. The highest BCUT2D eigenvalue weighted by atomic mass is 35.5. The number of nitrogens with zero attached hydrogens (tertiary/aromatic N) is 1. The molecule has 3 nitrogen and oxygen atoms in total. The Kier molecular flexibility index (Phi) is 4.08. The van der Waals surface area contributed by atoms with Gasteiger partial charge in [0.25, 0.3) is 0 Å². The fourth-order valence-corrected chi connectivity index (χ4v) is 2.23. The van der Waals surface area contributed by atoms with E-state index in [0.29, 0.717) is 10.9 Å². The van der Waals surface area contributed by atoms with Crippen LogP contribution in [0.25, 0.3) is 0 Å². The van der Waals surface area contributed by atoms with Gasteiger partial charge in [0.05, 0.1) is 6.10 Å². The molecular weight excluding hydrogens is 262 g/mol. The first-order valence-electron chi connectivity index (χ1n) is 6.06. The molecular formula is C15H16ClNO2. The Balaban J connectivity index is 2.34. The number of pyridine rings is 1. The van der Waals surface area contributed by atoms with Crippen molar-refractivity contribution >= 4 is 11.6 Å². The smallest absolute Gasteiger partial charge is 0.219 e. The summed E-state index contributed by atoms with van der Waals surface area (Å²) in [5.74, 6) is 1.21. The van der Waals surface area contributed by atoms with Gasteiger partial charge in [-0.15, -0.1) is 0 Å². The number of halogens is 1. The van der Waals surface area contributed by atoms with E-state index in [1.165, 1.54) is 0 Å². The molecule has 1 atom stereocenters. The molecule has 1 aromatic carbocycles. The molecule has 0 aliphatic carbocycles. The van der Waals surface area contributed by atoms with Gasteiger partial charge in [-0.25, -0.2) is 4.98 Å². The van der Waals surface area contributed by atoms with Crippen molar-refractivity contribution in [1.82, 2.24) is 4.98 Å². The summed E-state index contributed by atoms with van der Waals surface area (Å²) in [4.78, 5) is 4.16. The van der Waals surface area contributed by atoms with Crippen molar-refractivity contribution < 1.29 is 9.84 Å². The molecule has 0 saturated carbocycles. The quantitative estimate of drug-likeness (QED) is 0.914. The molecule has 0 fully saturated rings. The lowest BCUT2D eigenvalue weighted by molar-refractivity contribution is 0.198. The molecule has 0 bridgehead atoms. The second-order valence-corrected chi connectivity index (χ2v) is 5.01. The summed E-state index contributed by atoms with van der Waals surface area (Å²) in [6.07, 6.45) is 1.08. The van der Waals surface area contributed by atoms with Gasteiger partial charge in [-0.05, 0) is 55.7 Å². The molecule has 1 aromatic heterocycles. The van der Waals surface area contributed by atoms with Crippen LogP contribution >= 0.6 is 11.6 Å². The molecule has 2 aromatic rings. The van der Waals surface area contributed by atoms with Crippen molar-refractivity contribution in [3.05, 3.63) is 52.2 Å². The third kappa shape index (κ3) is 3.25. The first-order chi connectivity index (χ1) is 8.97. The minimum atomic E-state index is -0.544. The van der Waals surface area contributed by atoms with Crippen LogP contribution in [0.2, 0.25) is 5.02 Å². The topological polar surface area (TPSA) is 42.4 Å². The molecule has 0 aliphatic heterocycles. The van der Waals surface area contributed by atoms with Gasteiger partial charge < -0.3 is 9.84 Å². The fraction of sp³-hybridized carbons (Fsp3) is 0.267. The monoisotopic (exact) mass is 277 g/mol. The van der Waals surface area contributed by atoms with Crippen LogP contribution in [0.3, 0.4) is 0 Å². The summed E-state index contributed by atoms with van der Waals surface area (Å²) in [7, 11) is 0. The van der Waals surface area contributed by atoms with Gasteiger partial charge in [0.2, 0.25) is 5.88 Å². The Morgan fingerprint density at radius 1 is 1.21 bits per heavy atom. The zero-order chi connectivity index (χ0) is 14.0. The highest BCUT2D eigenvalue weighted by Gasteiger charge is 2.09. The van der Waals surface area contributed by atoms with E-state index in [2.05, 4.69) is 4.98 Å². The first-order valence-corrected chi connectivity index (χ1v) is 6.44. The number of aryl methyl sites for hydroxylation is 2. The van der Waals surface area contributed by atoms with Crippen molar-refractivity contribution in [1.29, 1.82) is 0 Å². The lowest BCUT2D eigenvalue weighted by Gasteiger charge is -2.12. The summed E-state index contributed by atoms with van der Waals surface area (Å²) in [5, 5.41) is 10.2. The molecule has 0 spiro atoms. The average Bonchev–Trinajstić information content (AvgIpc) is 2.34. The van der Waals surface area contributed by atoms with Crippen LogP contribution in [0.1, 0.15) is 29.7 Å². The van der Waals surface area contributed by atoms with Gasteiger partial charge in [0.15, 0.2) is 0 Å². The van der Waals surface area contributed by atoms with Crippen LogP contribution in [0.5, 0.6) is 11.6 Å². The fourth-order valence-electron chi connectivity index (χ4n) is 1.90. The number of hydrogen-bond acceptors (Lipinski definition) is 3. The van der Waals surface area contributed by atoms with Crippen LogP contribution in [0, 0.1) is 13.8 Å². The summed E-state index contributed by atoms with van der Waals surface area (Å²) < 4.78 is 5.80. The summed E-state index contributed by atoms with van der Waals surface area (Å²) in [6.45, 7) is 5.58. The van der Waals surface area contributed by atoms with Crippen LogP contribution in [-0.4, -0.2) is 10.1 Å².